The molecule has 1 aromatic carbocycles. The number of methoxy groups -OCH3 is 1. The second-order valence-corrected chi connectivity index (χ2v) is 6.67. The summed E-state index contributed by atoms with van der Waals surface area (Å²) in [4.78, 5) is 24.8. The largest absolute Gasteiger partial charge is 0.497 e. The third-order valence-electron chi connectivity index (χ3n) is 4.66. The van der Waals surface area contributed by atoms with Crippen LogP contribution in [0.1, 0.15) is 30.5 Å². The zero-order chi connectivity index (χ0) is 19.9. The fourth-order valence-electron chi connectivity index (χ4n) is 3.12. The standard InChI is InChI=1S/C18H20N4O4S/c1-10(23)22-14(11-5-7-12(26-4)8-6-11)9-13(19-22)15-16(24)20(2)18(27)21(3)17(15)25/h5-8,14,24H,9H2,1-4H3/t14-/m1/s1. The highest BCUT2D eigenvalue weighted by atomic mass is 32.1. The first-order valence-corrected chi connectivity index (χ1v) is 8.67. The van der Waals surface area contributed by atoms with E-state index in [4.69, 9.17) is 17.0 Å². The molecule has 0 bridgehead atoms. The molecule has 1 aliphatic heterocycles. The molecule has 3 rings (SSSR count). The van der Waals surface area contributed by atoms with Crippen LogP contribution in [-0.2, 0) is 18.9 Å². The quantitative estimate of drug-likeness (QED) is 0.811. The zero-order valence-corrected chi connectivity index (χ0v) is 16.3. The van der Waals surface area contributed by atoms with Crippen molar-refractivity contribution in [2.75, 3.05) is 7.11 Å². The molecule has 0 spiro atoms. The van der Waals surface area contributed by atoms with Crippen LogP contribution in [-0.4, -0.2) is 38.0 Å². The summed E-state index contributed by atoms with van der Waals surface area (Å²) in [5, 5.41) is 16.1. The van der Waals surface area contributed by atoms with E-state index in [1.807, 2.05) is 12.1 Å². The Hall–Kier alpha value is -2.94. The summed E-state index contributed by atoms with van der Waals surface area (Å²) in [6.07, 6.45) is 0.297. The molecule has 9 heteroatoms. The van der Waals surface area contributed by atoms with Crippen molar-refractivity contribution in [2.24, 2.45) is 19.2 Å². The highest BCUT2D eigenvalue weighted by molar-refractivity contribution is 7.71. The Balaban J connectivity index is 2.09. The predicted molar refractivity (Wildman–Crippen MR) is 103 cm³/mol. The van der Waals surface area contributed by atoms with Gasteiger partial charge in [0.15, 0.2) is 4.77 Å². The van der Waals surface area contributed by atoms with Crippen LogP contribution in [0.2, 0.25) is 0 Å². The molecule has 0 fully saturated rings. The molecule has 1 N–H and O–H groups in total. The van der Waals surface area contributed by atoms with Gasteiger partial charge in [-0.3, -0.25) is 18.7 Å². The van der Waals surface area contributed by atoms with Gasteiger partial charge in [-0.25, -0.2) is 5.01 Å². The minimum atomic E-state index is -0.451. The number of aromatic hydroxyl groups is 1. The van der Waals surface area contributed by atoms with Gasteiger partial charge in [-0.05, 0) is 29.9 Å². The molecule has 2 aromatic rings. The number of carbonyl (C=O) groups excluding carboxylic acids is 1. The molecule has 1 aliphatic rings. The van der Waals surface area contributed by atoms with E-state index >= 15 is 0 Å². The first-order chi connectivity index (χ1) is 12.8. The Bertz CT molecular complexity index is 1050. The van der Waals surface area contributed by atoms with Crippen LogP contribution in [0.15, 0.2) is 34.2 Å². The van der Waals surface area contributed by atoms with Crippen LogP contribution in [0, 0.1) is 4.77 Å². The first kappa shape index (κ1) is 18.8. The van der Waals surface area contributed by atoms with Crippen molar-refractivity contribution in [2.45, 2.75) is 19.4 Å². The van der Waals surface area contributed by atoms with E-state index in [0.29, 0.717) is 17.9 Å². The lowest BCUT2D eigenvalue weighted by molar-refractivity contribution is -0.130. The molecule has 2 heterocycles. The summed E-state index contributed by atoms with van der Waals surface area (Å²) in [7, 11) is 4.68. The van der Waals surface area contributed by atoms with Gasteiger partial charge in [-0.2, -0.15) is 5.10 Å². The maximum atomic E-state index is 12.7. The highest BCUT2D eigenvalue weighted by Crippen LogP contribution is 2.34. The van der Waals surface area contributed by atoms with Gasteiger partial charge in [0, 0.05) is 27.4 Å². The summed E-state index contributed by atoms with van der Waals surface area (Å²) in [5.41, 5.74) is 0.796. The molecule has 142 valence electrons. The second-order valence-electron chi connectivity index (χ2n) is 6.31. The number of ether oxygens (including phenoxy) is 1. The van der Waals surface area contributed by atoms with Gasteiger partial charge in [0.25, 0.3) is 5.56 Å². The van der Waals surface area contributed by atoms with Crippen LogP contribution in [0.3, 0.4) is 0 Å². The monoisotopic (exact) mass is 388 g/mol. The molecule has 0 saturated heterocycles. The number of rotatable bonds is 3. The number of aromatic nitrogens is 2. The second kappa shape index (κ2) is 6.99. The Kier molecular flexibility index (Phi) is 4.88. The molecule has 0 unspecified atom stereocenters. The number of hydrazone groups is 1. The number of nitrogens with zero attached hydrogens (tertiary/aromatic N) is 4. The Morgan fingerprint density at radius 3 is 2.44 bits per heavy atom. The minimum absolute atomic E-state index is 0.0517. The SMILES string of the molecule is COc1ccc([C@H]2CC(c3c(O)n(C)c(=S)n(C)c3=O)=NN2C(C)=O)cc1. The fourth-order valence-corrected chi connectivity index (χ4v) is 3.29. The normalized spacial score (nSPS) is 16.4. The third kappa shape index (κ3) is 3.14. The zero-order valence-electron chi connectivity index (χ0n) is 15.5. The lowest BCUT2D eigenvalue weighted by Crippen LogP contribution is -2.28. The van der Waals surface area contributed by atoms with Gasteiger partial charge < -0.3 is 9.84 Å². The van der Waals surface area contributed by atoms with Crippen molar-refractivity contribution in [1.29, 1.82) is 0 Å². The third-order valence-corrected chi connectivity index (χ3v) is 5.20. The summed E-state index contributed by atoms with van der Waals surface area (Å²) in [5.74, 6) is 0.180. The van der Waals surface area contributed by atoms with Gasteiger partial charge in [-0.1, -0.05) is 12.1 Å². The van der Waals surface area contributed by atoms with Crippen LogP contribution >= 0.6 is 12.2 Å². The molecule has 27 heavy (non-hydrogen) atoms. The minimum Gasteiger partial charge on any atom is -0.497 e. The van der Waals surface area contributed by atoms with E-state index in [2.05, 4.69) is 5.10 Å². The van der Waals surface area contributed by atoms with Crippen molar-refractivity contribution >= 4 is 23.8 Å². The van der Waals surface area contributed by atoms with Crippen molar-refractivity contribution < 1.29 is 14.6 Å². The summed E-state index contributed by atoms with van der Waals surface area (Å²) < 4.78 is 7.97. The molecule has 1 amide bonds. The predicted octanol–water partition coefficient (Wildman–Crippen LogP) is 1.87. The topological polar surface area (TPSA) is 89.1 Å². The fraction of sp³-hybridized carbons (Fsp3) is 0.333. The van der Waals surface area contributed by atoms with Crippen molar-refractivity contribution in [3.8, 4) is 11.6 Å². The average molecular weight is 388 g/mol. The van der Waals surface area contributed by atoms with Crippen LogP contribution in [0.25, 0.3) is 0 Å². The molecule has 0 radical (unpaired) electrons. The molecule has 8 nitrogen and oxygen atoms in total. The van der Waals surface area contributed by atoms with Crippen molar-refractivity contribution in [3.05, 3.63) is 50.5 Å². The van der Waals surface area contributed by atoms with Crippen LogP contribution in [0.5, 0.6) is 11.6 Å². The lowest BCUT2D eigenvalue weighted by Gasteiger charge is -2.20. The number of carbonyl (C=O) groups is 1. The number of hydrogen-bond donors (Lipinski definition) is 1. The maximum Gasteiger partial charge on any atom is 0.267 e. The number of hydrogen-bond acceptors (Lipinski definition) is 6. The van der Waals surface area contributed by atoms with Gasteiger partial charge >= 0.3 is 0 Å². The molecular formula is C18H20N4O4S. The van der Waals surface area contributed by atoms with E-state index in [-0.39, 0.29) is 28.2 Å². The number of amides is 1. The Morgan fingerprint density at radius 1 is 1.26 bits per heavy atom. The van der Waals surface area contributed by atoms with Gasteiger partial charge in [0.2, 0.25) is 11.8 Å². The lowest BCUT2D eigenvalue weighted by atomic mass is 9.99. The van der Waals surface area contributed by atoms with Gasteiger partial charge in [0.1, 0.15) is 11.3 Å². The summed E-state index contributed by atoms with van der Waals surface area (Å²) >= 11 is 5.14. The summed E-state index contributed by atoms with van der Waals surface area (Å²) in [6, 6.07) is 6.92. The molecule has 1 aromatic heterocycles. The molecular weight excluding hydrogens is 368 g/mol. The van der Waals surface area contributed by atoms with E-state index < -0.39 is 5.56 Å². The first-order valence-electron chi connectivity index (χ1n) is 8.26. The van der Waals surface area contributed by atoms with Crippen LogP contribution in [0.4, 0.5) is 0 Å². The van der Waals surface area contributed by atoms with E-state index in [9.17, 15) is 14.7 Å². The average Bonchev–Trinajstić information content (AvgIpc) is 3.10. The highest BCUT2D eigenvalue weighted by Gasteiger charge is 2.34. The molecule has 0 aliphatic carbocycles. The smallest absolute Gasteiger partial charge is 0.267 e. The summed E-state index contributed by atoms with van der Waals surface area (Å²) in [6.45, 7) is 1.41. The van der Waals surface area contributed by atoms with Crippen LogP contribution < -0.4 is 10.3 Å². The molecule has 1 atom stereocenters. The van der Waals surface area contributed by atoms with E-state index in [1.165, 1.54) is 28.1 Å². The Morgan fingerprint density at radius 2 is 1.89 bits per heavy atom. The van der Waals surface area contributed by atoms with Gasteiger partial charge in [-0.15, -0.1) is 0 Å². The maximum absolute atomic E-state index is 12.7. The molecule has 0 saturated carbocycles. The van der Waals surface area contributed by atoms with Gasteiger partial charge in [0.05, 0.1) is 18.9 Å². The van der Waals surface area contributed by atoms with E-state index in [1.54, 1.807) is 26.3 Å². The number of benzene rings is 1. The Labute approximate surface area is 160 Å². The van der Waals surface area contributed by atoms with E-state index in [0.717, 1.165) is 5.56 Å². The van der Waals surface area contributed by atoms with Crippen molar-refractivity contribution in [3.63, 3.8) is 0 Å². The van der Waals surface area contributed by atoms with Crippen molar-refractivity contribution in [1.82, 2.24) is 14.1 Å².